The van der Waals surface area contributed by atoms with Gasteiger partial charge in [0, 0.05) is 74.0 Å². The van der Waals surface area contributed by atoms with Crippen molar-refractivity contribution in [1.82, 2.24) is 15.0 Å². The molecule has 0 amide bonds. The number of hydrogen-bond donors (Lipinski definition) is 0. The lowest BCUT2D eigenvalue weighted by molar-refractivity contribution is 0.568. The van der Waals surface area contributed by atoms with Crippen LogP contribution in [0.4, 0.5) is 0 Å². The van der Waals surface area contributed by atoms with Crippen LogP contribution >= 0.6 is 0 Å². The van der Waals surface area contributed by atoms with Gasteiger partial charge in [-0.25, -0.2) is 0 Å². The maximum absolute atomic E-state index is 6.16. The van der Waals surface area contributed by atoms with Crippen LogP contribution in [0.15, 0.2) is 86.4 Å². The van der Waals surface area contributed by atoms with Gasteiger partial charge < -0.3 is 13.3 Å². The number of rotatable bonds is 0. The van der Waals surface area contributed by atoms with Crippen molar-refractivity contribution in [3.63, 3.8) is 0 Å². The fourth-order valence-electron chi connectivity index (χ4n) is 8.66. The van der Waals surface area contributed by atoms with Crippen molar-refractivity contribution in [3.8, 4) is 0 Å². The van der Waals surface area contributed by atoms with E-state index in [1.165, 1.54) is 38.8 Å². The van der Waals surface area contributed by atoms with Gasteiger partial charge in [-0.2, -0.15) is 0 Å². The number of nitrogens with zero attached hydrogens (tertiary/aromatic N) is 3. The van der Waals surface area contributed by atoms with E-state index in [9.17, 15) is 0 Å². The molecular formula is C51H57N3O3. The minimum atomic E-state index is 0.0609. The fourth-order valence-corrected chi connectivity index (χ4v) is 8.66. The molecule has 0 aliphatic carbocycles. The summed E-state index contributed by atoms with van der Waals surface area (Å²) >= 11 is 0. The summed E-state index contributed by atoms with van der Waals surface area (Å²) in [5, 5.41) is 5.74. The average Bonchev–Trinajstić information content (AvgIpc) is 3.78. The molecule has 6 heterocycles. The van der Waals surface area contributed by atoms with E-state index in [4.69, 9.17) is 13.3 Å². The van der Waals surface area contributed by atoms with Gasteiger partial charge in [0.15, 0.2) is 11.2 Å². The maximum Gasteiger partial charge on any atom is 0.156 e. The van der Waals surface area contributed by atoms with Gasteiger partial charge in [0.2, 0.25) is 0 Å². The summed E-state index contributed by atoms with van der Waals surface area (Å²) in [6.45, 7) is 32.5. The summed E-state index contributed by atoms with van der Waals surface area (Å²) in [6.07, 6.45) is 5.62. The molecular weight excluding hydrogens is 703 g/mol. The predicted molar refractivity (Wildman–Crippen MR) is 239 cm³/mol. The number of pyridine rings is 3. The van der Waals surface area contributed by atoms with Gasteiger partial charge >= 0.3 is 0 Å². The molecule has 0 aliphatic heterocycles. The quantitative estimate of drug-likeness (QED) is 0.153. The van der Waals surface area contributed by atoms with E-state index in [0.29, 0.717) is 0 Å². The Morgan fingerprint density at radius 1 is 0.404 bits per heavy atom. The highest BCUT2D eigenvalue weighted by atomic mass is 16.3. The normalized spacial score (nSPS) is 12.5. The van der Waals surface area contributed by atoms with Crippen molar-refractivity contribution in [3.05, 3.63) is 124 Å². The summed E-state index contributed by atoms with van der Waals surface area (Å²) in [6, 6.07) is 19.0. The number of aryl methyl sites for hydroxylation is 6. The van der Waals surface area contributed by atoms with Crippen LogP contribution in [0.3, 0.4) is 0 Å². The van der Waals surface area contributed by atoms with Gasteiger partial charge in [-0.05, 0) is 98.2 Å². The van der Waals surface area contributed by atoms with Crippen molar-refractivity contribution in [2.75, 3.05) is 0 Å². The second-order valence-corrected chi connectivity index (χ2v) is 18.9. The zero-order chi connectivity index (χ0) is 41.4. The third-order valence-electron chi connectivity index (χ3n) is 11.0. The monoisotopic (exact) mass is 759 g/mol. The smallest absolute Gasteiger partial charge is 0.156 e. The second-order valence-electron chi connectivity index (χ2n) is 18.9. The van der Waals surface area contributed by atoms with Gasteiger partial charge in [-0.1, -0.05) is 92.6 Å². The minimum Gasteiger partial charge on any atom is -0.456 e. The summed E-state index contributed by atoms with van der Waals surface area (Å²) in [5.74, 6) is 0. The zero-order valence-corrected chi connectivity index (χ0v) is 36.5. The van der Waals surface area contributed by atoms with Gasteiger partial charge in [0.25, 0.3) is 0 Å². The molecule has 0 spiro atoms. The van der Waals surface area contributed by atoms with Crippen molar-refractivity contribution < 1.29 is 13.3 Å². The molecule has 0 unspecified atom stereocenters. The minimum absolute atomic E-state index is 0.0609. The molecule has 57 heavy (non-hydrogen) atoms. The van der Waals surface area contributed by atoms with Crippen LogP contribution in [0, 0.1) is 41.5 Å². The third-order valence-corrected chi connectivity index (χ3v) is 11.0. The standard InChI is InChI=1S/3C17H19NO/c1-10-6-7-12-13-9-18-11(2)8-14(13)19-16(12)15(10)17(3,4)5;1-10-6-7-12-13-8-9-18-11(2)15(13)19-16(12)14(10)17(3,4)5;1-10-6-7-12-14-15(11(2)8-9-18-14)19-16(12)13(10)17(3,4)5/h3*6-9H,1-5H3. The topological polar surface area (TPSA) is 78.1 Å². The molecule has 0 bridgehead atoms. The Kier molecular flexibility index (Phi) is 9.87. The third kappa shape index (κ3) is 7.20. The summed E-state index contributed by atoms with van der Waals surface area (Å²) in [5.41, 5.74) is 17.7. The van der Waals surface area contributed by atoms with E-state index in [2.05, 4.69) is 141 Å². The highest BCUT2D eigenvalue weighted by Gasteiger charge is 2.26. The predicted octanol–water partition coefficient (Wildman–Crippen LogP) is 14.7. The molecule has 0 fully saturated rings. The van der Waals surface area contributed by atoms with Crippen molar-refractivity contribution >= 4 is 65.9 Å². The maximum atomic E-state index is 6.16. The molecule has 0 aliphatic rings. The van der Waals surface area contributed by atoms with E-state index in [-0.39, 0.29) is 16.2 Å². The first-order valence-electron chi connectivity index (χ1n) is 20.0. The van der Waals surface area contributed by atoms with Crippen LogP contribution in [0.25, 0.3) is 65.9 Å². The number of hydrogen-bond acceptors (Lipinski definition) is 6. The van der Waals surface area contributed by atoms with Crippen molar-refractivity contribution in [1.29, 1.82) is 0 Å². The van der Waals surface area contributed by atoms with Crippen LogP contribution in [0.5, 0.6) is 0 Å². The van der Waals surface area contributed by atoms with Crippen LogP contribution in [-0.4, -0.2) is 15.0 Å². The molecule has 0 N–H and O–H groups in total. The van der Waals surface area contributed by atoms with Gasteiger partial charge in [-0.3, -0.25) is 15.0 Å². The molecule has 9 rings (SSSR count). The van der Waals surface area contributed by atoms with E-state index < -0.39 is 0 Å². The van der Waals surface area contributed by atoms with Crippen LogP contribution in [0.2, 0.25) is 0 Å². The second kappa shape index (κ2) is 14.2. The average molecular weight is 760 g/mol. The highest BCUT2D eigenvalue weighted by molar-refractivity contribution is 6.08. The Hall–Kier alpha value is -5.49. The first-order chi connectivity index (χ1) is 26.7. The van der Waals surface area contributed by atoms with E-state index in [1.807, 2.05) is 50.6 Å². The number of aromatic nitrogens is 3. The largest absolute Gasteiger partial charge is 0.456 e. The van der Waals surface area contributed by atoms with Gasteiger partial charge in [0.05, 0.1) is 5.69 Å². The highest BCUT2D eigenvalue weighted by Crippen LogP contribution is 2.41. The summed E-state index contributed by atoms with van der Waals surface area (Å²) < 4.78 is 18.5. The van der Waals surface area contributed by atoms with Crippen LogP contribution in [-0.2, 0) is 16.2 Å². The first-order valence-corrected chi connectivity index (χ1v) is 20.0. The lowest BCUT2D eigenvalue weighted by atomic mass is 9.83. The Bertz CT molecular complexity index is 2840. The molecule has 9 aromatic rings. The number of benzene rings is 3. The van der Waals surface area contributed by atoms with Crippen LogP contribution in [0.1, 0.15) is 113 Å². The molecule has 6 nitrogen and oxygen atoms in total. The zero-order valence-electron chi connectivity index (χ0n) is 36.5. The Morgan fingerprint density at radius 2 is 0.860 bits per heavy atom. The van der Waals surface area contributed by atoms with E-state index in [0.717, 1.165) is 77.5 Å². The molecule has 294 valence electrons. The lowest BCUT2D eigenvalue weighted by Crippen LogP contribution is -2.13. The molecule has 0 radical (unpaired) electrons. The molecule has 6 heteroatoms. The molecule has 0 saturated carbocycles. The summed E-state index contributed by atoms with van der Waals surface area (Å²) in [4.78, 5) is 13.2. The van der Waals surface area contributed by atoms with Gasteiger partial charge in [0.1, 0.15) is 27.8 Å². The Labute approximate surface area is 336 Å². The number of furan rings is 3. The molecule has 3 aromatic carbocycles. The SMILES string of the molecule is Cc1cc2oc3c(C(C)(C)C)c(C)ccc3c2cn1.Cc1ccc2c(oc3c(C)ccnc32)c1C(C)(C)C.Cc1ccc2c(oc3c(C)nccc32)c1C(C)(C)C. The molecule has 6 aromatic heterocycles. The number of fused-ring (bicyclic) bond motifs is 9. The molecule has 0 saturated heterocycles. The lowest BCUT2D eigenvalue weighted by Gasteiger charge is -2.21. The summed E-state index contributed by atoms with van der Waals surface area (Å²) in [7, 11) is 0. The van der Waals surface area contributed by atoms with E-state index >= 15 is 0 Å². The van der Waals surface area contributed by atoms with Crippen molar-refractivity contribution in [2.24, 2.45) is 0 Å². The van der Waals surface area contributed by atoms with Gasteiger partial charge in [-0.15, -0.1) is 0 Å². The van der Waals surface area contributed by atoms with Crippen molar-refractivity contribution in [2.45, 2.75) is 120 Å². The Morgan fingerprint density at radius 3 is 1.42 bits per heavy atom. The van der Waals surface area contributed by atoms with Crippen LogP contribution < -0.4 is 0 Å². The fraction of sp³-hybridized carbons (Fsp3) is 0.353. The van der Waals surface area contributed by atoms with E-state index in [1.54, 1.807) is 0 Å². The molecule has 0 atom stereocenters. The Balaban J connectivity index is 0.000000131. The first kappa shape index (κ1) is 39.7.